The predicted molar refractivity (Wildman–Crippen MR) is 83.5 cm³/mol. The van der Waals surface area contributed by atoms with Crippen molar-refractivity contribution in [1.29, 1.82) is 0 Å². The summed E-state index contributed by atoms with van der Waals surface area (Å²) >= 11 is 3.49. The number of pyridine rings is 1. The molecule has 0 saturated heterocycles. The average Bonchev–Trinajstić information content (AvgIpc) is 2.39. The van der Waals surface area contributed by atoms with E-state index in [4.69, 9.17) is 5.73 Å². The Morgan fingerprint density at radius 2 is 2.10 bits per heavy atom. The van der Waals surface area contributed by atoms with Gasteiger partial charge in [0.1, 0.15) is 5.82 Å². The van der Waals surface area contributed by atoms with E-state index >= 15 is 0 Å². The first-order valence-corrected chi connectivity index (χ1v) is 7.50. The number of fused-ring (bicyclic) bond motifs is 1. The van der Waals surface area contributed by atoms with Crippen LogP contribution in [0.15, 0.2) is 34.9 Å². The van der Waals surface area contributed by atoms with E-state index in [0.717, 1.165) is 22.0 Å². The Morgan fingerprint density at radius 1 is 1.30 bits per heavy atom. The number of aromatic nitrogens is 1. The van der Waals surface area contributed by atoms with Gasteiger partial charge in [0.05, 0.1) is 5.60 Å². The summed E-state index contributed by atoms with van der Waals surface area (Å²) < 4.78 is 1.08. The van der Waals surface area contributed by atoms with Gasteiger partial charge in [0.15, 0.2) is 0 Å². The molecule has 1 aromatic carbocycles. The minimum absolute atomic E-state index is 0.438. The lowest BCUT2D eigenvalue weighted by molar-refractivity contribution is 0.0221. The topological polar surface area (TPSA) is 59.1 Å². The highest BCUT2D eigenvalue weighted by Gasteiger charge is 2.36. The number of anilines is 1. The van der Waals surface area contributed by atoms with Crippen molar-refractivity contribution in [2.75, 3.05) is 5.73 Å². The Kier molecular flexibility index (Phi) is 3.30. The standard InChI is InChI=1S/C16H17BrN2O/c1-10-5-7-19-15(18)14(10)16(20)6-4-11-8-13(17)3-2-12(11)9-16/h2-3,5,7-8,20H,4,6,9H2,1H3,(H2,18,19). The van der Waals surface area contributed by atoms with Crippen LogP contribution in [0.4, 0.5) is 5.82 Å². The summed E-state index contributed by atoms with van der Waals surface area (Å²) in [5.74, 6) is 0.438. The van der Waals surface area contributed by atoms with Crippen molar-refractivity contribution >= 4 is 21.7 Å². The maximum atomic E-state index is 11.1. The maximum Gasteiger partial charge on any atom is 0.129 e. The minimum Gasteiger partial charge on any atom is -0.385 e. The van der Waals surface area contributed by atoms with Crippen LogP contribution in [-0.2, 0) is 18.4 Å². The second-order valence-electron chi connectivity index (χ2n) is 5.51. The van der Waals surface area contributed by atoms with Gasteiger partial charge in [-0.05, 0) is 54.7 Å². The van der Waals surface area contributed by atoms with Gasteiger partial charge in [0.25, 0.3) is 0 Å². The van der Waals surface area contributed by atoms with Gasteiger partial charge in [0, 0.05) is 22.7 Å². The molecule has 3 rings (SSSR count). The number of aliphatic hydroxyl groups is 1. The third-order valence-corrected chi connectivity index (χ3v) is 4.61. The third-order valence-electron chi connectivity index (χ3n) is 4.11. The lowest BCUT2D eigenvalue weighted by atomic mass is 9.75. The molecule has 0 spiro atoms. The molecule has 0 aliphatic heterocycles. The third kappa shape index (κ3) is 2.23. The van der Waals surface area contributed by atoms with E-state index < -0.39 is 5.60 Å². The highest BCUT2D eigenvalue weighted by molar-refractivity contribution is 9.10. The van der Waals surface area contributed by atoms with E-state index in [1.807, 2.05) is 19.1 Å². The molecule has 0 radical (unpaired) electrons. The number of halogens is 1. The smallest absolute Gasteiger partial charge is 0.129 e. The Balaban J connectivity index is 2.05. The fraction of sp³-hybridized carbons (Fsp3) is 0.312. The van der Waals surface area contributed by atoms with Crippen LogP contribution in [0.5, 0.6) is 0 Å². The van der Waals surface area contributed by atoms with Crippen LogP contribution in [0.25, 0.3) is 0 Å². The molecule has 4 heteroatoms. The summed E-state index contributed by atoms with van der Waals surface area (Å²) in [6.45, 7) is 1.97. The molecule has 0 fully saturated rings. The van der Waals surface area contributed by atoms with Gasteiger partial charge in [-0.1, -0.05) is 22.0 Å². The molecule has 0 bridgehead atoms. The zero-order valence-corrected chi connectivity index (χ0v) is 12.9. The minimum atomic E-state index is -0.913. The fourth-order valence-corrected chi connectivity index (χ4v) is 3.55. The average molecular weight is 333 g/mol. The van der Waals surface area contributed by atoms with Crippen LogP contribution in [-0.4, -0.2) is 10.1 Å². The molecular weight excluding hydrogens is 316 g/mol. The largest absolute Gasteiger partial charge is 0.385 e. The van der Waals surface area contributed by atoms with Crippen LogP contribution in [0.3, 0.4) is 0 Å². The predicted octanol–water partition coefficient (Wildman–Crippen LogP) is 3.11. The van der Waals surface area contributed by atoms with Gasteiger partial charge in [-0.25, -0.2) is 4.98 Å². The number of hydrogen-bond acceptors (Lipinski definition) is 3. The number of aryl methyl sites for hydroxylation is 2. The van der Waals surface area contributed by atoms with E-state index in [1.165, 1.54) is 11.1 Å². The van der Waals surface area contributed by atoms with Gasteiger partial charge in [0.2, 0.25) is 0 Å². The van der Waals surface area contributed by atoms with Crippen LogP contribution >= 0.6 is 15.9 Å². The molecule has 1 heterocycles. The summed E-state index contributed by atoms with van der Waals surface area (Å²) in [4.78, 5) is 4.14. The van der Waals surface area contributed by atoms with Gasteiger partial charge >= 0.3 is 0 Å². The quantitative estimate of drug-likeness (QED) is 0.843. The lowest BCUT2D eigenvalue weighted by Gasteiger charge is -2.35. The monoisotopic (exact) mass is 332 g/mol. The first-order valence-electron chi connectivity index (χ1n) is 6.71. The molecule has 1 atom stereocenters. The molecule has 1 aromatic heterocycles. The number of rotatable bonds is 1. The Labute approximate surface area is 127 Å². The fourth-order valence-electron chi connectivity index (χ4n) is 3.14. The number of nitrogens with two attached hydrogens (primary N) is 1. The van der Waals surface area contributed by atoms with E-state index in [2.05, 4.69) is 33.0 Å². The summed E-state index contributed by atoms with van der Waals surface area (Å²) in [5, 5.41) is 11.1. The van der Waals surface area contributed by atoms with E-state index in [9.17, 15) is 5.11 Å². The van der Waals surface area contributed by atoms with Crippen molar-refractivity contribution in [2.45, 2.75) is 31.8 Å². The van der Waals surface area contributed by atoms with Crippen LogP contribution < -0.4 is 5.73 Å². The zero-order chi connectivity index (χ0) is 14.3. The molecule has 3 N–H and O–H groups in total. The van der Waals surface area contributed by atoms with Gasteiger partial charge in [-0.15, -0.1) is 0 Å². The molecule has 2 aromatic rings. The number of nitrogen functional groups attached to an aromatic ring is 1. The SMILES string of the molecule is Cc1ccnc(N)c1C1(O)CCc2cc(Br)ccc2C1. The van der Waals surface area contributed by atoms with Crippen molar-refractivity contribution in [3.8, 4) is 0 Å². The second kappa shape index (κ2) is 4.86. The zero-order valence-electron chi connectivity index (χ0n) is 11.4. The molecule has 1 aliphatic carbocycles. The maximum absolute atomic E-state index is 11.1. The number of benzene rings is 1. The van der Waals surface area contributed by atoms with Crippen molar-refractivity contribution in [2.24, 2.45) is 0 Å². The first kappa shape index (κ1) is 13.6. The summed E-state index contributed by atoms with van der Waals surface area (Å²) in [6, 6.07) is 8.13. The molecule has 1 unspecified atom stereocenters. The van der Waals surface area contributed by atoms with Gasteiger partial charge < -0.3 is 10.8 Å². The Morgan fingerprint density at radius 3 is 2.85 bits per heavy atom. The van der Waals surface area contributed by atoms with E-state index in [-0.39, 0.29) is 0 Å². The van der Waals surface area contributed by atoms with Crippen LogP contribution in [0.1, 0.15) is 28.7 Å². The molecule has 0 amide bonds. The second-order valence-corrected chi connectivity index (χ2v) is 6.43. The highest BCUT2D eigenvalue weighted by atomic mass is 79.9. The van der Waals surface area contributed by atoms with Crippen molar-refractivity contribution in [3.63, 3.8) is 0 Å². The van der Waals surface area contributed by atoms with Crippen molar-refractivity contribution in [1.82, 2.24) is 4.98 Å². The first-order chi connectivity index (χ1) is 9.49. The molecule has 20 heavy (non-hydrogen) atoms. The van der Waals surface area contributed by atoms with Crippen LogP contribution in [0, 0.1) is 6.92 Å². The molecule has 0 saturated carbocycles. The summed E-state index contributed by atoms with van der Waals surface area (Å²) in [7, 11) is 0. The normalized spacial score (nSPS) is 21.6. The Bertz CT molecular complexity index is 651. The van der Waals surface area contributed by atoms with Gasteiger partial charge in [-0.3, -0.25) is 0 Å². The molecule has 104 valence electrons. The Hall–Kier alpha value is -1.39. The van der Waals surface area contributed by atoms with Crippen LogP contribution in [0.2, 0.25) is 0 Å². The molecular formula is C16H17BrN2O. The number of nitrogens with zero attached hydrogens (tertiary/aromatic N) is 1. The lowest BCUT2D eigenvalue weighted by Crippen LogP contribution is -2.35. The summed E-state index contributed by atoms with van der Waals surface area (Å²) in [6.07, 6.45) is 3.80. The van der Waals surface area contributed by atoms with Crippen molar-refractivity contribution in [3.05, 3.63) is 57.2 Å². The molecule has 3 nitrogen and oxygen atoms in total. The number of hydrogen-bond donors (Lipinski definition) is 2. The van der Waals surface area contributed by atoms with Gasteiger partial charge in [-0.2, -0.15) is 0 Å². The highest BCUT2D eigenvalue weighted by Crippen LogP contribution is 2.40. The van der Waals surface area contributed by atoms with Crippen molar-refractivity contribution < 1.29 is 5.11 Å². The van der Waals surface area contributed by atoms with E-state index in [0.29, 0.717) is 18.7 Å². The van der Waals surface area contributed by atoms with E-state index in [1.54, 1.807) is 6.20 Å². The molecule has 1 aliphatic rings. The summed E-state index contributed by atoms with van der Waals surface area (Å²) in [5.41, 5.74) is 9.36.